The van der Waals surface area contributed by atoms with Gasteiger partial charge in [0.2, 0.25) is 6.41 Å². The Bertz CT molecular complexity index is 686. The van der Waals surface area contributed by atoms with Crippen LogP contribution in [0.2, 0.25) is 0 Å². The molecular formula is C16H15BrN2O2. The van der Waals surface area contributed by atoms with Gasteiger partial charge in [-0.2, -0.15) is 0 Å². The van der Waals surface area contributed by atoms with Crippen molar-refractivity contribution in [2.75, 3.05) is 17.3 Å². The van der Waals surface area contributed by atoms with Crippen molar-refractivity contribution in [3.05, 3.63) is 58.1 Å². The second kappa shape index (κ2) is 6.54. The highest BCUT2D eigenvalue weighted by atomic mass is 79.9. The molecule has 21 heavy (non-hydrogen) atoms. The van der Waals surface area contributed by atoms with E-state index >= 15 is 0 Å². The number of carbonyl (C=O) groups is 2. The summed E-state index contributed by atoms with van der Waals surface area (Å²) >= 11 is 3.46. The second-order valence-electron chi connectivity index (χ2n) is 4.56. The number of rotatable bonds is 4. The molecule has 4 nitrogen and oxygen atoms in total. The molecule has 1 N–H and O–H groups in total. The van der Waals surface area contributed by atoms with E-state index in [1.807, 2.05) is 25.1 Å². The molecule has 2 aromatic carbocycles. The molecule has 2 amide bonds. The third-order valence-corrected chi connectivity index (χ3v) is 4.14. The fourth-order valence-electron chi connectivity index (χ4n) is 2.11. The van der Waals surface area contributed by atoms with Crippen molar-refractivity contribution < 1.29 is 9.59 Å². The van der Waals surface area contributed by atoms with E-state index in [-0.39, 0.29) is 5.91 Å². The Labute approximate surface area is 131 Å². The number of hydrogen-bond donors (Lipinski definition) is 1. The molecule has 0 aliphatic carbocycles. The normalized spacial score (nSPS) is 10.0. The Morgan fingerprint density at radius 2 is 1.90 bits per heavy atom. The first-order valence-electron chi connectivity index (χ1n) is 6.38. The molecule has 0 radical (unpaired) electrons. The third-order valence-electron chi connectivity index (χ3n) is 3.28. The SMILES string of the molecule is Cc1c(Br)cccc1N(C)C(=O)c1ccccc1NC=O. The molecule has 0 unspecified atom stereocenters. The van der Waals surface area contributed by atoms with Crippen molar-refractivity contribution in [1.29, 1.82) is 0 Å². The highest BCUT2D eigenvalue weighted by Crippen LogP contribution is 2.28. The molecule has 0 aliphatic heterocycles. The fourth-order valence-corrected chi connectivity index (χ4v) is 2.46. The lowest BCUT2D eigenvalue weighted by Gasteiger charge is -2.21. The molecule has 0 fully saturated rings. The Balaban J connectivity index is 2.40. The zero-order chi connectivity index (χ0) is 15.4. The molecule has 0 saturated heterocycles. The van der Waals surface area contributed by atoms with Crippen LogP contribution in [0.5, 0.6) is 0 Å². The summed E-state index contributed by atoms with van der Waals surface area (Å²) in [5, 5.41) is 2.55. The van der Waals surface area contributed by atoms with Crippen LogP contribution in [-0.2, 0) is 4.79 Å². The van der Waals surface area contributed by atoms with Crippen LogP contribution in [-0.4, -0.2) is 19.4 Å². The molecule has 2 rings (SSSR count). The number of nitrogens with zero attached hydrogens (tertiary/aromatic N) is 1. The molecule has 0 aliphatic rings. The van der Waals surface area contributed by atoms with Gasteiger partial charge in [-0.3, -0.25) is 9.59 Å². The number of nitrogens with one attached hydrogen (secondary N) is 1. The van der Waals surface area contributed by atoms with Gasteiger partial charge in [-0.1, -0.05) is 34.1 Å². The Hall–Kier alpha value is -2.14. The predicted octanol–water partition coefficient (Wildman–Crippen LogP) is 3.60. The highest BCUT2D eigenvalue weighted by molar-refractivity contribution is 9.10. The zero-order valence-corrected chi connectivity index (χ0v) is 13.3. The summed E-state index contributed by atoms with van der Waals surface area (Å²) in [7, 11) is 1.72. The fraction of sp³-hybridized carbons (Fsp3) is 0.125. The standard InChI is InChI=1S/C16H15BrN2O2/c1-11-13(17)7-5-9-15(11)19(2)16(21)12-6-3-4-8-14(12)18-10-20/h3-10H,1-2H3,(H,18,20). The van der Waals surface area contributed by atoms with Gasteiger partial charge in [-0.15, -0.1) is 0 Å². The summed E-state index contributed by atoms with van der Waals surface area (Å²) in [6.45, 7) is 1.94. The van der Waals surface area contributed by atoms with Gasteiger partial charge in [0.05, 0.1) is 11.3 Å². The lowest BCUT2D eigenvalue weighted by molar-refractivity contribution is -0.105. The van der Waals surface area contributed by atoms with Gasteiger partial charge in [-0.25, -0.2) is 0 Å². The number of anilines is 2. The van der Waals surface area contributed by atoms with Crippen LogP contribution in [0.15, 0.2) is 46.9 Å². The molecule has 0 heterocycles. The topological polar surface area (TPSA) is 49.4 Å². The number of hydrogen-bond acceptors (Lipinski definition) is 2. The molecule has 0 bridgehead atoms. The van der Waals surface area contributed by atoms with Crippen LogP contribution in [0, 0.1) is 6.92 Å². The van der Waals surface area contributed by atoms with Crippen LogP contribution >= 0.6 is 15.9 Å². The molecule has 2 aromatic rings. The predicted molar refractivity (Wildman–Crippen MR) is 87.7 cm³/mol. The van der Waals surface area contributed by atoms with Crippen LogP contribution in [0.4, 0.5) is 11.4 Å². The molecular weight excluding hydrogens is 332 g/mol. The average molecular weight is 347 g/mol. The van der Waals surface area contributed by atoms with Crippen molar-refractivity contribution in [1.82, 2.24) is 0 Å². The number of benzene rings is 2. The largest absolute Gasteiger partial charge is 0.328 e. The van der Waals surface area contributed by atoms with E-state index in [4.69, 9.17) is 0 Å². The van der Waals surface area contributed by atoms with Crippen LogP contribution in [0.25, 0.3) is 0 Å². The maximum atomic E-state index is 12.7. The van der Waals surface area contributed by atoms with E-state index in [1.165, 1.54) is 0 Å². The van der Waals surface area contributed by atoms with Gasteiger partial charge in [0.25, 0.3) is 5.91 Å². The van der Waals surface area contributed by atoms with E-state index < -0.39 is 0 Å². The average Bonchev–Trinajstić information content (AvgIpc) is 2.49. The van der Waals surface area contributed by atoms with Crippen molar-refractivity contribution in [3.63, 3.8) is 0 Å². The van der Waals surface area contributed by atoms with E-state index in [9.17, 15) is 9.59 Å². The minimum atomic E-state index is -0.179. The Morgan fingerprint density at radius 1 is 1.19 bits per heavy atom. The lowest BCUT2D eigenvalue weighted by Crippen LogP contribution is -2.27. The van der Waals surface area contributed by atoms with E-state index in [0.29, 0.717) is 17.7 Å². The summed E-state index contributed by atoms with van der Waals surface area (Å²) in [6.07, 6.45) is 0.566. The zero-order valence-electron chi connectivity index (χ0n) is 11.8. The first-order chi connectivity index (χ1) is 10.1. The quantitative estimate of drug-likeness (QED) is 0.859. The van der Waals surface area contributed by atoms with E-state index in [0.717, 1.165) is 15.7 Å². The number of halogens is 1. The number of para-hydroxylation sites is 1. The van der Waals surface area contributed by atoms with Gasteiger partial charge >= 0.3 is 0 Å². The minimum Gasteiger partial charge on any atom is -0.328 e. The third kappa shape index (κ3) is 3.13. The monoisotopic (exact) mass is 346 g/mol. The first-order valence-corrected chi connectivity index (χ1v) is 7.18. The maximum absolute atomic E-state index is 12.7. The maximum Gasteiger partial charge on any atom is 0.260 e. The summed E-state index contributed by atoms with van der Waals surface area (Å²) in [5.41, 5.74) is 2.74. The summed E-state index contributed by atoms with van der Waals surface area (Å²) in [4.78, 5) is 24.9. The molecule has 108 valence electrons. The van der Waals surface area contributed by atoms with E-state index in [1.54, 1.807) is 36.2 Å². The van der Waals surface area contributed by atoms with Crippen molar-refractivity contribution in [2.24, 2.45) is 0 Å². The van der Waals surface area contributed by atoms with Crippen molar-refractivity contribution in [2.45, 2.75) is 6.92 Å². The summed E-state index contributed by atoms with van der Waals surface area (Å²) < 4.78 is 0.943. The number of amides is 2. The summed E-state index contributed by atoms with van der Waals surface area (Å²) in [5.74, 6) is -0.179. The van der Waals surface area contributed by atoms with Gasteiger partial charge in [0.15, 0.2) is 0 Å². The van der Waals surface area contributed by atoms with Gasteiger partial charge in [0.1, 0.15) is 0 Å². The van der Waals surface area contributed by atoms with Crippen LogP contribution < -0.4 is 10.2 Å². The Morgan fingerprint density at radius 3 is 2.62 bits per heavy atom. The molecule has 0 spiro atoms. The van der Waals surface area contributed by atoms with Crippen LogP contribution in [0.3, 0.4) is 0 Å². The molecule has 0 saturated carbocycles. The Kier molecular flexibility index (Phi) is 4.75. The molecule has 0 atom stereocenters. The number of carbonyl (C=O) groups excluding carboxylic acids is 2. The van der Waals surface area contributed by atoms with Crippen molar-refractivity contribution >= 4 is 39.6 Å². The summed E-state index contributed by atoms with van der Waals surface area (Å²) in [6, 6.07) is 12.6. The van der Waals surface area contributed by atoms with Crippen LogP contribution in [0.1, 0.15) is 15.9 Å². The molecule has 5 heteroatoms. The van der Waals surface area contributed by atoms with Gasteiger partial charge in [0, 0.05) is 17.2 Å². The van der Waals surface area contributed by atoms with E-state index in [2.05, 4.69) is 21.2 Å². The lowest BCUT2D eigenvalue weighted by atomic mass is 10.1. The van der Waals surface area contributed by atoms with Crippen molar-refractivity contribution in [3.8, 4) is 0 Å². The highest BCUT2D eigenvalue weighted by Gasteiger charge is 2.18. The first kappa shape index (κ1) is 15.3. The van der Waals surface area contributed by atoms with Gasteiger partial charge in [-0.05, 0) is 36.8 Å². The van der Waals surface area contributed by atoms with Gasteiger partial charge < -0.3 is 10.2 Å². The second-order valence-corrected chi connectivity index (χ2v) is 5.41. The minimum absolute atomic E-state index is 0.179. The smallest absolute Gasteiger partial charge is 0.260 e. The molecule has 0 aromatic heterocycles.